The van der Waals surface area contributed by atoms with Gasteiger partial charge in [0.15, 0.2) is 5.82 Å². The number of benzene rings is 1. The fourth-order valence-corrected chi connectivity index (χ4v) is 1.45. The maximum Gasteiger partial charge on any atom is 0.221 e. The number of aryl methyl sites for hydroxylation is 1. The van der Waals surface area contributed by atoms with E-state index < -0.39 is 0 Å². The molecule has 0 saturated carbocycles. The van der Waals surface area contributed by atoms with Crippen LogP contribution in [0.5, 0.6) is 0 Å². The average Bonchev–Trinajstić information content (AvgIpc) is 2.34. The van der Waals surface area contributed by atoms with Crippen LogP contribution >= 0.6 is 0 Å². The molecule has 5 nitrogen and oxygen atoms in total. The third kappa shape index (κ3) is 3.28. The molecule has 0 unspecified atom stereocenters. The van der Waals surface area contributed by atoms with Gasteiger partial charge >= 0.3 is 0 Å². The Hall–Kier alpha value is -2.43. The smallest absolute Gasteiger partial charge is 0.221 e. The molecule has 1 amide bonds. The predicted molar refractivity (Wildman–Crippen MR) is 70.8 cm³/mol. The summed E-state index contributed by atoms with van der Waals surface area (Å²) in [4.78, 5) is 10.9. The van der Waals surface area contributed by atoms with Gasteiger partial charge in [-0.05, 0) is 43.3 Å². The van der Waals surface area contributed by atoms with Crippen LogP contribution in [-0.4, -0.2) is 16.1 Å². The van der Waals surface area contributed by atoms with Crippen molar-refractivity contribution >= 4 is 23.1 Å². The molecule has 1 aromatic heterocycles. The van der Waals surface area contributed by atoms with Crippen LogP contribution in [0.1, 0.15) is 12.6 Å². The van der Waals surface area contributed by atoms with Crippen LogP contribution in [0, 0.1) is 6.92 Å². The van der Waals surface area contributed by atoms with Crippen molar-refractivity contribution in [3.05, 3.63) is 42.1 Å². The Labute approximate surface area is 105 Å². The first kappa shape index (κ1) is 12.0. The zero-order valence-corrected chi connectivity index (χ0v) is 10.3. The summed E-state index contributed by atoms with van der Waals surface area (Å²) in [5.74, 6) is 0.605. The molecule has 0 aliphatic heterocycles. The fourth-order valence-electron chi connectivity index (χ4n) is 1.45. The minimum Gasteiger partial charge on any atom is -0.339 e. The van der Waals surface area contributed by atoms with E-state index in [0.29, 0.717) is 5.82 Å². The first-order valence-corrected chi connectivity index (χ1v) is 5.58. The highest BCUT2D eigenvalue weighted by Crippen LogP contribution is 2.17. The summed E-state index contributed by atoms with van der Waals surface area (Å²) in [6.45, 7) is 3.37. The molecule has 0 aliphatic carbocycles. The van der Waals surface area contributed by atoms with Gasteiger partial charge in [0.25, 0.3) is 0 Å². The average molecular weight is 242 g/mol. The lowest BCUT2D eigenvalue weighted by molar-refractivity contribution is -0.114. The minimum absolute atomic E-state index is 0.0832. The second kappa shape index (κ2) is 5.27. The number of nitrogens with one attached hydrogen (secondary N) is 2. The van der Waals surface area contributed by atoms with Gasteiger partial charge in [-0.1, -0.05) is 0 Å². The fraction of sp³-hybridized carbons (Fsp3) is 0.154. The van der Waals surface area contributed by atoms with Gasteiger partial charge in [-0.3, -0.25) is 4.79 Å². The van der Waals surface area contributed by atoms with E-state index in [-0.39, 0.29) is 5.91 Å². The van der Waals surface area contributed by atoms with Gasteiger partial charge in [0, 0.05) is 18.3 Å². The summed E-state index contributed by atoms with van der Waals surface area (Å²) in [6.07, 6.45) is 0. The zero-order chi connectivity index (χ0) is 13.0. The standard InChI is InChI=1S/C13H14N4O/c1-9-3-8-13(17-16-9)15-12-6-4-11(5-7-12)14-10(2)18/h3-8H,1-2H3,(H,14,18)(H,15,17). The molecule has 0 aliphatic rings. The van der Waals surface area contributed by atoms with Crippen molar-refractivity contribution in [3.63, 3.8) is 0 Å². The minimum atomic E-state index is -0.0832. The summed E-state index contributed by atoms with van der Waals surface area (Å²) in [5.41, 5.74) is 2.53. The van der Waals surface area contributed by atoms with Gasteiger partial charge in [-0.25, -0.2) is 0 Å². The molecule has 0 bridgehead atoms. The first-order valence-electron chi connectivity index (χ1n) is 5.58. The summed E-state index contributed by atoms with van der Waals surface area (Å²) in [5, 5.41) is 13.8. The second-order valence-corrected chi connectivity index (χ2v) is 3.94. The summed E-state index contributed by atoms with van der Waals surface area (Å²) < 4.78 is 0. The molecule has 1 heterocycles. The van der Waals surface area contributed by atoms with Gasteiger partial charge in [0.1, 0.15) is 0 Å². The van der Waals surface area contributed by atoms with E-state index in [0.717, 1.165) is 17.1 Å². The summed E-state index contributed by atoms with van der Waals surface area (Å²) >= 11 is 0. The Bertz CT molecular complexity index is 534. The van der Waals surface area contributed by atoms with Gasteiger partial charge in [-0.15, -0.1) is 5.10 Å². The number of rotatable bonds is 3. The van der Waals surface area contributed by atoms with Crippen LogP contribution in [-0.2, 0) is 4.79 Å². The van der Waals surface area contributed by atoms with Crippen LogP contribution in [0.4, 0.5) is 17.2 Å². The Kier molecular flexibility index (Phi) is 3.52. The third-order valence-electron chi connectivity index (χ3n) is 2.28. The Morgan fingerprint density at radius 3 is 2.22 bits per heavy atom. The van der Waals surface area contributed by atoms with Crippen molar-refractivity contribution in [2.45, 2.75) is 13.8 Å². The lowest BCUT2D eigenvalue weighted by atomic mass is 10.2. The number of hydrogen-bond donors (Lipinski definition) is 2. The van der Waals surface area contributed by atoms with E-state index in [2.05, 4.69) is 20.8 Å². The summed E-state index contributed by atoms with van der Waals surface area (Å²) in [7, 11) is 0. The predicted octanol–water partition coefficient (Wildman–Crippen LogP) is 2.49. The maximum absolute atomic E-state index is 10.9. The van der Waals surface area contributed by atoms with Crippen LogP contribution in [0.15, 0.2) is 36.4 Å². The largest absolute Gasteiger partial charge is 0.339 e. The van der Waals surface area contributed by atoms with Crippen molar-refractivity contribution in [2.75, 3.05) is 10.6 Å². The highest BCUT2D eigenvalue weighted by Gasteiger charge is 1.98. The molecule has 5 heteroatoms. The number of carbonyl (C=O) groups is 1. The zero-order valence-electron chi connectivity index (χ0n) is 10.3. The van der Waals surface area contributed by atoms with Crippen LogP contribution < -0.4 is 10.6 Å². The third-order valence-corrected chi connectivity index (χ3v) is 2.28. The first-order chi connectivity index (χ1) is 8.63. The number of hydrogen-bond acceptors (Lipinski definition) is 4. The van der Waals surface area contributed by atoms with E-state index in [9.17, 15) is 4.79 Å². The highest BCUT2D eigenvalue weighted by atomic mass is 16.1. The van der Waals surface area contributed by atoms with Crippen molar-refractivity contribution < 1.29 is 4.79 Å². The molecular weight excluding hydrogens is 228 g/mol. The number of carbonyl (C=O) groups excluding carboxylic acids is 1. The molecule has 0 radical (unpaired) electrons. The number of anilines is 3. The molecule has 2 N–H and O–H groups in total. The lowest BCUT2D eigenvalue weighted by Crippen LogP contribution is -2.05. The van der Waals surface area contributed by atoms with Crippen molar-refractivity contribution in [2.24, 2.45) is 0 Å². The van der Waals surface area contributed by atoms with Crippen molar-refractivity contribution in [1.82, 2.24) is 10.2 Å². The summed E-state index contributed by atoms with van der Waals surface area (Å²) in [6, 6.07) is 11.1. The number of aromatic nitrogens is 2. The van der Waals surface area contributed by atoms with Crippen LogP contribution in [0.3, 0.4) is 0 Å². The Balaban J connectivity index is 2.06. The van der Waals surface area contributed by atoms with Gasteiger partial charge in [-0.2, -0.15) is 5.10 Å². The molecular formula is C13H14N4O. The van der Waals surface area contributed by atoms with E-state index in [1.54, 1.807) is 0 Å². The van der Waals surface area contributed by atoms with Crippen LogP contribution in [0.2, 0.25) is 0 Å². The van der Waals surface area contributed by atoms with E-state index in [1.807, 2.05) is 43.3 Å². The molecule has 2 aromatic rings. The van der Waals surface area contributed by atoms with Crippen molar-refractivity contribution in [3.8, 4) is 0 Å². The topological polar surface area (TPSA) is 66.9 Å². The lowest BCUT2D eigenvalue weighted by Gasteiger charge is -2.06. The number of amides is 1. The molecule has 1 aromatic carbocycles. The second-order valence-electron chi connectivity index (χ2n) is 3.94. The molecule has 18 heavy (non-hydrogen) atoms. The molecule has 0 atom stereocenters. The maximum atomic E-state index is 10.9. The molecule has 2 rings (SSSR count). The van der Waals surface area contributed by atoms with E-state index >= 15 is 0 Å². The SMILES string of the molecule is CC(=O)Nc1ccc(Nc2ccc(C)nn2)cc1. The molecule has 0 saturated heterocycles. The normalized spacial score (nSPS) is 9.89. The van der Waals surface area contributed by atoms with Gasteiger partial charge < -0.3 is 10.6 Å². The van der Waals surface area contributed by atoms with Gasteiger partial charge in [0.05, 0.1) is 5.69 Å². The number of nitrogens with zero attached hydrogens (tertiary/aromatic N) is 2. The highest BCUT2D eigenvalue weighted by molar-refractivity contribution is 5.88. The Morgan fingerprint density at radius 2 is 1.67 bits per heavy atom. The van der Waals surface area contributed by atoms with Gasteiger partial charge in [0.2, 0.25) is 5.91 Å². The quantitative estimate of drug-likeness (QED) is 0.867. The van der Waals surface area contributed by atoms with Crippen LogP contribution in [0.25, 0.3) is 0 Å². The Morgan fingerprint density at radius 1 is 1.00 bits per heavy atom. The van der Waals surface area contributed by atoms with E-state index in [1.165, 1.54) is 6.92 Å². The monoisotopic (exact) mass is 242 g/mol. The van der Waals surface area contributed by atoms with E-state index in [4.69, 9.17) is 0 Å². The molecule has 92 valence electrons. The van der Waals surface area contributed by atoms with Crippen molar-refractivity contribution in [1.29, 1.82) is 0 Å². The molecule has 0 fully saturated rings. The molecule has 0 spiro atoms.